The maximum absolute atomic E-state index is 13.7. The van der Waals surface area contributed by atoms with E-state index < -0.39 is 29.7 Å². The Labute approximate surface area is 233 Å². The molecular weight excluding hydrogens is 502 g/mol. The van der Waals surface area contributed by atoms with Crippen LogP contribution in [0.1, 0.15) is 85.1 Å². The fraction of sp³-hybridized carbons (Fsp3) is 0.690. The number of phenolic OH excluding ortho intramolecular Hbond substituents is 1. The zero-order valence-corrected chi connectivity index (χ0v) is 25.0. The Hall–Kier alpha value is -2.42. The molecule has 0 aliphatic heterocycles. The molecule has 0 saturated carbocycles. The smallest absolute Gasteiger partial charge is 0.408 e. The van der Waals surface area contributed by atoms with E-state index in [1.165, 1.54) is 12.1 Å². The normalized spacial score (nSPS) is 12.9. The second-order valence-corrected chi connectivity index (χ2v) is 11.6. The summed E-state index contributed by atoms with van der Waals surface area (Å²) < 4.78 is 5.39. The van der Waals surface area contributed by atoms with E-state index in [2.05, 4.69) is 24.5 Å². The van der Waals surface area contributed by atoms with Crippen LogP contribution in [0.4, 0.5) is 4.79 Å². The molecule has 0 saturated heterocycles. The van der Waals surface area contributed by atoms with Gasteiger partial charge in [-0.05, 0) is 69.7 Å². The number of nitrogens with zero attached hydrogens (tertiary/aromatic N) is 1. The van der Waals surface area contributed by atoms with Crippen LogP contribution >= 0.6 is 11.8 Å². The maximum atomic E-state index is 13.7. The summed E-state index contributed by atoms with van der Waals surface area (Å²) in [5.41, 5.74) is 0.0320. The molecule has 0 fully saturated rings. The number of benzene rings is 1. The highest BCUT2D eigenvalue weighted by Gasteiger charge is 2.30. The summed E-state index contributed by atoms with van der Waals surface area (Å²) in [6.07, 6.45) is 8.06. The predicted molar refractivity (Wildman–Crippen MR) is 156 cm³/mol. The van der Waals surface area contributed by atoms with Crippen molar-refractivity contribution >= 4 is 29.7 Å². The molecule has 3 amide bonds. The highest BCUT2D eigenvalue weighted by Crippen LogP contribution is 2.14. The SMILES string of the molecule is CCCCCN(CCCCC)C(=O)[C@H](CCSC)NC(=O)[C@H](Cc1ccc(O)cc1)NC(=O)OC(C)(C)C. The van der Waals surface area contributed by atoms with Gasteiger partial charge in [0.05, 0.1) is 0 Å². The van der Waals surface area contributed by atoms with Crippen molar-refractivity contribution in [3.8, 4) is 5.75 Å². The van der Waals surface area contributed by atoms with E-state index >= 15 is 0 Å². The molecule has 1 aromatic rings. The summed E-state index contributed by atoms with van der Waals surface area (Å²) in [6.45, 7) is 10.9. The molecule has 0 aliphatic rings. The molecular formula is C29H49N3O5S. The van der Waals surface area contributed by atoms with Gasteiger partial charge in [-0.3, -0.25) is 9.59 Å². The van der Waals surface area contributed by atoms with Gasteiger partial charge >= 0.3 is 6.09 Å². The molecule has 0 spiro atoms. The quantitative estimate of drug-likeness (QED) is 0.228. The van der Waals surface area contributed by atoms with Crippen molar-refractivity contribution in [1.29, 1.82) is 0 Å². The van der Waals surface area contributed by atoms with Gasteiger partial charge in [-0.2, -0.15) is 11.8 Å². The van der Waals surface area contributed by atoms with E-state index in [0.29, 0.717) is 19.5 Å². The Bertz CT molecular complexity index is 832. The number of amides is 3. The van der Waals surface area contributed by atoms with Crippen molar-refractivity contribution in [2.75, 3.05) is 25.1 Å². The zero-order valence-electron chi connectivity index (χ0n) is 24.2. The van der Waals surface area contributed by atoms with E-state index in [9.17, 15) is 19.5 Å². The number of unbranched alkanes of at least 4 members (excludes halogenated alkanes) is 4. The summed E-state index contributed by atoms with van der Waals surface area (Å²) in [6, 6.07) is 4.84. The number of hydrogen-bond donors (Lipinski definition) is 3. The predicted octanol–water partition coefficient (Wildman–Crippen LogP) is 5.27. The molecule has 0 radical (unpaired) electrons. The third-order valence-corrected chi connectivity index (χ3v) is 6.63. The van der Waals surface area contributed by atoms with Crippen molar-refractivity contribution in [3.63, 3.8) is 0 Å². The first kappa shape index (κ1) is 33.6. The van der Waals surface area contributed by atoms with Gasteiger partial charge in [0.1, 0.15) is 23.4 Å². The molecule has 9 heteroatoms. The molecule has 0 heterocycles. The van der Waals surface area contributed by atoms with Crippen molar-refractivity contribution < 1.29 is 24.2 Å². The number of phenols is 1. The largest absolute Gasteiger partial charge is 0.508 e. The minimum absolute atomic E-state index is 0.0692. The number of ether oxygens (including phenoxy) is 1. The minimum Gasteiger partial charge on any atom is -0.508 e. The van der Waals surface area contributed by atoms with Crippen LogP contribution in [-0.4, -0.2) is 70.7 Å². The number of carbonyl (C=O) groups is 3. The van der Waals surface area contributed by atoms with Crippen LogP contribution < -0.4 is 10.6 Å². The maximum Gasteiger partial charge on any atom is 0.408 e. The van der Waals surface area contributed by atoms with E-state index in [-0.39, 0.29) is 18.1 Å². The topological polar surface area (TPSA) is 108 Å². The van der Waals surface area contributed by atoms with E-state index in [0.717, 1.165) is 49.8 Å². The number of nitrogens with one attached hydrogen (secondary N) is 2. The molecule has 0 unspecified atom stereocenters. The van der Waals surface area contributed by atoms with Crippen LogP contribution in [0.15, 0.2) is 24.3 Å². The fourth-order valence-electron chi connectivity index (χ4n) is 3.95. The summed E-state index contributed by atoms with van der Waals surface area (Å²) in [5, 5.41) is 15.3. The van der Waals surface area contributed by atoms with Gasteiger partial charge in [0.25, 0.3) is 0 Å². The van der Waals surface area contributed by atoms with Gasteiger partial charge in [0.2, 0.25) is 11.8 Å². The lowest BCUT2D eigenvalue weighted by molar-refractivity contribution is -0.137. The Morgan fingerprint density at radius 2 is 1.53 bits per heavy atom. The molecule has 38 heavy (non-hydrogen) atoms. The van der Waals surface area contributed by atoms with Crippen LogP contribution in [0.3, 0.4) is 0 Å². The van der Waals surface area contributed by atoms with Gasteiger partial charge in [-0.15, -0.1) is 0 Å². The van der Waals surface area contributed by atoms with Crippen LogP contribution in [0.5, 0.6) is 5.75 Å². The van der Waals surface area contributed by atoms with Crippen molar-refractivity contribution in [3.05, 3.63) is 29.8 Å². The number of aromatic hydroxyl groups is 1. The monoisotopic (exact) mass is 551 g/mol. The molecule has 0 aromatic heterocycles. The molecule has 3 N–H and O–H groups in total. The van der Waals surface area contributed by atoms with Gasteiger partial charge < -0.3 is 25.4 Å². The number of hydrogen-bond acceptors (Lipinski definition) is 6. The third kappa shape index (κ3) is 13.9. The fourth-order valence-corrected chi connectivity index (χ4v) is 4.42. The lowest BCUT2D eigenvalue weighted by atomic mass is 10.0. The van der Waals surface area contributed by atoms with Crippen LogP contribution in [0.2, 0.25) is 0 Å². The molecule has 216 valence electrons. The number of alkyl carbamates (subject to hydrolysis) is 1. The first-order chi connectivity index (χ1) is 18.0. The number of carbonyl (C=O) groups excluding carboxylic acids is 3. The van der Waals surface area contributed by atoms with Gasteiger partial charge in [0.15, 0.2) is 0 Å². The summed E-state index contributed by atoms with van der Waals surface area (Å²) in [5.74, 6) is 0.325. The first-order valence-corrected chi connectivity index (χ1v) is 15.3. The third-order valence-electron chi connectivity index (χ3n) is 5.98. The van der Waals surface area contributed by atoms with Gasteiger partial charge in [-0.25, -0.2) is 4.79 Å². The van der Waals surface area contributed by atoms with E-state index in [1.807, 2.05) is 11.2 Å². The number of thioether (sulfide) groups is 1. The Balaban J connectivity index is 3.12. The van der Waals surface area contributed by atoms with Gasteiger partial charge in [-0.1, -0.05) is 51.7 Å². The average molecular weight is 552 g/mol. The first-order valence-electron chi connectivity index (χ1n) is 13.9. The Kier molecular flexibility index (Phi) is 15.9. The van der Waals surface area contributed by atoms with Crippen LogP contribution in [-0.2, 0) is 20.7 Å². The average Bonchev–Trinajstić information content (AvgIpc) is 2.85. The second kappa shape index (κ2) is 18.0. The van der Waals surface area contributed by atoms with Crippen molar-refractivity contribution in [2.45, 2.75) is 104 Å². The highest BCUT2D eigenvalue weighted by atomic mass is 32.2. The zero-order chi connectivity index (χ0) is 28.6. The minimum atomic E-state index is -0.951. The standard InChI is InChI=1S/C29H49N3O5S/c1-7-9-11-18-32(19-12-10-8-2)27(35)24(17-20-38-6)30-26(34)25(31-28(36)37-29(3,4)5)21-22-13-15-23(33)16-14-22/h13-16,24-25,33H,7-12,17-21H2,1-6H3,(H,30,34)(H,31,36)/t24-,25-/m0/s1. The van der Waals surface area contributed by atoms with E-state index in [1.54, 1.807) is 44.7 Å². The molecule has 8 nitrogen and oxygen atoms in total. The van der Waals surface area contributed by atoms with Gasteiger partial charge in [0, 0.05) is 19.5 Å². The number of rotatable bonds is 17. The van der Waals surface area contributed by atoms with Crippen LogP contribution in [0, 0.1) is 0 Å². The summed E-state index contributed by atoms with van der Waals surface area (Å²) in [7, 11) is 0. The second-order valence-electron chi connectivity index (χ2n) is 10.7. The molecule has 2 atom stereocenters. The van der Waals surface area contributed by atoms with Crippen LogP contribution in [0.25, 0.3) is 0 Å². The summed E-state index contributed by atoms with van der Waals surface area (Å²) in [4.78, 5) is 41.7. The van der Waals surface area contributed by atoms with Crippen molar-refractivity contribution in [1.82, 2.24) is 15.5 Å². The van der Waals surface area contributed by atoms with Crippen molar-refractivity contribution in [2.24, 2.45) is 0 Å². The lowest BCUT2D eigenvalue weighted by Gasteiger charge is -2.30. The summed E-state index contributed by atoms with van der Waals surface area (Å²) >= 11 is 1.62. The lowest BCUT2D eigenvalue weighted by Crippen LogP contribution is -2.55. The highest BCUT2D eigenvalue weighted by molar-refractivity contribution is 7.98. The Morgan fingerprint density at radius 1 is 0.947 bits per heavy atom. The molecule has 1 rings (SSSR count). The Morgan fingerprint density at radius 3 is 2.03 bits per heavy atom. The van der Waals surface area contributed by atoms with E-state index in [4.69, 9.17) is 4.74 Å². The molecule has 0 bridgehead atoms. The molecule has 0 aliphatic carbocycles. The molecule has 1 aromatic carbocycles.